The Morgan fingerprint density at radius 1 is 1.04 bits per heavy atom. The Morgan fingerprint density at radius 2 is 1.58 bits per heavy atom. The van der Waals surface area contributed by atoms with Crippen LogP contribution < -0.4 is 10.9 Å². The highest BCUT2D eigenvalue weighted by Gasteiger charge is 2.32. The minimum absolute atomic E-state index is 0.00173. The lowest BCUT2D eigenvalue weighted by atomic mass is 10.2. The molecule has 0 unspecified atom stereocenters. The molecule has 0 saturated heterocycles. The molecule has 4 nitrogen and oxygen atoms in total. The first-order chi connectivity index (χ1) is 11.2. The van der Waals surface area contributed by atoms with Gasteiger partial charge in [0.2, 0.25) is 0 Å². The minimum Gasteiger partial charge on any atom is -0.291 e. The smallest absolute Gasteiger partial charge is 0.291 e. The van der Waals surface area contributed by atoms with Crippen LogP contribution in [0.15, 0.2) is 41.5 Å². The Kier molecular flexibility index (Phi) is 5.82. The zero-order chi connectivity index (χ0) is 17.9. The molecule has 128 valence electrons. The summed E-state index contributed by atoms with van der Waals surface area (Å²) in [7, 11) is 0. The molecule has 0 radical (unpaired) electrons. The molecule has 2 aromatic rings. The van der Waals surface area contributed by atoms with Crippen LogP contribution in [0.4, 0.5) is 24.5 Å². The Balaban J connectivity index is 2.24. The number of hydrogen-bond donors (Lipinski definition) is 3. The fraction of sp³-hybridized carbons (Fsp3) is 0.0714. The van der Waals surface area contributed by atoms with Crippen LogP contribution >= 0.6 is 34.8 Å². The van der Waals surface area contributed by atoms with Crippen LogP contribution in [0.1, 0.15) is 11.1 Å². The summed E-state index contributed by atoms with van der Waals surface area (Å²) in [6.45, 7) is 0. The zero-order valence-electron chi connectivity index (χ0n) is 11.6. The normalized spacial score (nSPS) is 12.2. The molecule has 24 heavy (non-hydrogen) atoms. The summed E-state index contributed by atoms with van der Waals surface area (Å²) in [6, 6.07) is 7.71. The molecule has 2 rings (SSSR count). The number of hydrogen-bond acceptors (Lipinski definition) is 4. The van der Waals surface area contributed by atoms with Gasteiger partial charge in [-0.05, 0) is 36.4 Å². The van der Waals surface area contributed by atoms with Gasteiger partial charge in [0.25, 0.3) is 0 Å². The number of rotatable bonds is 4. The fourth-order valence-corrected chi connectivity index (χ4v) is 2.44. The summed E-state index contributed by atoms with van der Waals surface area (Å²) in [5.74, 6) is 0. The number of benzene rings is 2. The SMILES string of the molecule is ONc1ccc(/C(Cl)=N/Nc2c(Cl)cc(C(F)(F)F)cc2Cl)cc1. The van der Waals surface area contributed by atoms with Gasteiger partial charge < -0.3 is 0 Å². The molecule has 0 heterocycles. The Morgan fingerprint density at radius 3 is 2.04 bits per heavy atom. The van der Waals surface area contributed by atoms with E-state index in [1.165, 1.54) is 0 Å². The molecule has 0 saturated carbocycles. The third-order valence-corrected chi connectivity index (χ3v) is 3.79. The number of anilines is 2. The lowest BCUT2D eigenvalue weighted by molar-refractivity contribution is -0.137. The van der Waals surface area contributed by atoms with E-state index in [9.17, 15) is 13.2 Å². The van der Waals surface area contributed by atoms with Gasteiger partial charge in [0, 0.05) is 5.56 Å². The lowest BCUT2D eigenvalue weighted by Gasteiger charge is -2.12. The van der Waals surface area contributed by atoms with E-state index in [2.05, 4.69) is 10.5 Å². The van der Waals surface area contributed by atoms with E-state index >= 15 is 0 Å². The second-order valence-corrected chi connectivity index (χ2v) is 5.69. The maximum atomic E-state index is 12.7. The van der Waals surface area contributed by atoms with E-state index in [1.807, 2.05) is 5.48 Å². The van der Waals surface area contributed by atoms with Crippen molar-refractivity contribution in [1.82, 2.24) is 0 Å². The van der Waals surface area contributed by atoms with E-state index in [0.717, 1.165) is 12.1 Å². The summed E-state index contributed by atoms with van der Waals surface area (Å²) in [5.41, 5.74) is 4.39. The van der Waals surface area contributed by atoms with Crippen LogP contribution in [0.25, 0.3) is 0 Å². The third-order valence-electron chi connectivity index (χ3n) is 2.89. The molecule has 0 aliphatic carbocycles. The van der Waals surface area contributed by atoms with Gasteiger partial charge in [0.1, 0.15) is 0 Å². The van der Waals surface area contributed by atoms with Crippen LogP contribution in [0.5, 0.6) is 0 Å². The van der Waals surface area contributed by atoms with Crippen molar-refractivity contribution in [1.29, 1.82) is 0 Å². The van der Waals surface area contributed by atoms with Gasteiger partial charge in [-0.3, -0.25) is 16.1 Å². The van der Waals surface area contributed by atoms with Crippen molar-refractivity contribution < 1.29 is 18.4 Å². The summed E-state index contributed by atoms with van der Waals surface area (Å²) in [4.78, 5) is 0. The van der Waals surface area contributed by atoms with E-state index in [-0.39, 0.29) is 20.9 Å². The quantitative estimate of drug-likeness (QED) is 0.449. The van der Waals surface area contributed by atoms with Gasteiger partial charge in [-0.25, -0.2) is 0 Å². The zero-order valence-corrected chi connectivity index (χ0v) is 13.9. The molecule has 0 fully saturated rings. The van der Waals surface area contributed by atoms with Crippen LogP contribution in [0.3, 0.4) is 0 Å². The molecule has 10 heteroatoms. The van der Waals surface area contributed by atoms with E-state index in [1.54, 1.807) is 24.3 Å². The monoisotopic (exact) mass is 397 g/mol. The number of halogens is 6. The molecule has 0 spiro atoms. The molecule has 0 atom stereocenters. The summed E-state index contributed by atoms with van der Waals surface area (Å²) in [5, 5.41) is 12.1. The van der Waals surface area contributed by atoms with Gasteiger partial charge in [-0.1, -0.05) is 34.8 Å². The highest BCUT2D eigenvalue weighted by molar-refractivity contribution is 6.69. The number of nitrogens with zero attached hydrogens (tertiary/aromatic N) is 1. The lowest BCUT2D eigenvalue weighted by Crippen LogP contribution is -2.06. The predicted molar refractivity (Wildman–Crippen MR) is 89.3 cm³/mol. The first kappa shape index (κ1) is 18.7. The van der Waals surface area contributed by atoms with Crippen molar-refractivity contribution in [2.45, 2.75) is 6.18 Å². The highest BCUT2D eigenvalue weighted by Crippen LogP contribution is 2.38. The van der Waals surface area contributed by atoms with Gasteiger partial charge in [0.05, 0.1) is 27.0 Å². The Bertz CT molecular complexity index is 741. The van der Waals surface area contributed by atoms with Crippen LogP contribution in [-0.2, 0) is 6.18 Å². The number of nitrogens with one attached hydrogen (secondary N) is 2. The van der Waals surface area contributed by atoms with E-state index in [0.29, 0.717) is 11.3 Å². The van der Waals surface area contributed by atoms with Gasteiger partial charge in [-0.15, -0.1) is 0 Å². The van der Waals surface area contributed by atoms with Crippen molar-refractivity contribution in [3.63, 3.8) is 0 Å². The van der Waals surface area contributed by atoms with Crippen LogP contribution in [-0.4, -0.2) is 10.4 Å². The third kappa shape index (κ3) is 4.45. The van der Waals surface area contributed by atoms with Crippen molar-refractivity contribution in [2.75, 3.05) is 10.9 Å². The summed E-state index contributed by atoms with van der Waals surface area (Å²) >= 11 is 17.6. The average Bonchev–Trinajstić information content (AvgIpc) is 2.53. The summed E-state index contributed by atoms with van der Waals surface area (Å²) < 4.78 is 38.0. The number of alkyl halides is 3. The minimum atomic E-state index is -4.56. The predicted octanol–water partition coefficient (Wildman–Crippen LogP) is 5.83. The molecule has 0 amide bonds. The molecular formula is C14H9Cl3F3N3O. The molecule has 2 aromatic carbocycles. The van der Waals surface area contributed by atoms with Gasteiger partial charge in [-0.2, -0.15) is 18.3 Å². The van der Waals surface area contributed by atoms with Crippen molar-refractivity contribution in [3.05, 3.63) is 57.6 Å². The molecule has 0 bridgehead atoms. The van der Waals surface area contributed by atoms with E-state index < -0.39 is 11.7 Å². The summed E-state index contributed by atoms with van der Waals surface area (Å²) in [6.07, 6.45) is -4.56. The first-order valence-corrected chi connectivity index (χ1v) is 7.41. The van der Waals surface area contributed by atoms with Crippen molar-refractivity contribution in [2.24, 2.45) is 5.10 Å². The Labute approximate surface area is 149 Å². The fourth-order valence-electron chi connectivity index (χ4n) is 1.70. The standard InChI is InChI=1S/C14H9Cl3F3N3O/c15-10-5-8(14(18,19)20)6-11(16)12(10)21-22-13(17)7-1-3-9(23-24)4-2-7/h1-6,21,23-24H/b22-13-. The molecule has 0 aromatic heterocycles. The first-order valence-electron chi connectivity index (χ1n) is 6.28. The van der Waals surface area contributed by atoms with Crippen LogP contribution in [0.2, 0.25) is 10.0 Å². The van der Waals surface area contributed by atoms with Crippen molar-refractivity contribution in [3.8, 4) is 0 Å². The average molecular weight is 399 g/mol. The maximum absolute atomic E-state index is 12.7. The molecule has 0 aliphatic rings. The Hall–Kier alpha value is -1.67. The van der Waals surface area contributed by atoms with Gasteiger partial charge >= 0.3 is 6.18 Å². The van der Waals surface area contributed by atoms with Gasteiger partial charge in [0.15, 0.2) is 5.17 Å². The van der Waals surface area contributed by atoms with Crippen LogP contribution in [0, 0.1) is 0 Å². The second kappa shape index (κ2) is 7.48. The molecular weight excluding hydrogens is 390 g/mol. The number of hydrazone groups is 1. The highest BCUT2D eigenvalue weighted by atomic mass is 35.5. The molecule has 0 aliphatic heterocycles. The molecule has 3 N–H and O–H groups in total. The largest absolute Gasteiger partial charge is 0.416 e. The maximum Gasteiger partial charge on any atom is 0.416 e. The van der Waals surface area contributed by atoms with E-state index in [4.69, 9.17) is 40.0 Å². The topological polar surface area (TPSA) is 56.6 Å². The second-order valence-electron chi connectivity index (χ2n) is 4.52. The van der Waals surface area contributed by atoms with Crippen molar-refractivity contribution >= 4 is 51.3 Å².